The van der Waals surface area contributed by atoms with Crippen molar-refractivity contribution < 1.29 is 23.5 Å². The highest BCUT2D eigenvalue weighted by atomic mass is 32.1. The van der Waals surface area contributed by atoms with Gasteiger partial charge in [-0.15, -0.1) is 11.3 Å². The van der Waals surface area contributed by atoms with E-state index in [-0.39, 0.29) is 48.8 Å². The van der Waals surface area contributed by atoms with Crippen molar-refractivity contribution >= 4 is 23.2 Å². The number of amides is 2. The molecule has 0 bridgehead atoms. The maximum atomic E-state index is 13.7. The first-order valence-electron chi connectivity index (χ1n) is 12.7. The highest BCUT2D eigenvalue weighted by Crippen LogP contribution is 2.34. The van der Waals surface area contributed by atoms with E-state index in [0.717, 1.165) is 57.1 Å². The number of fused-ring (bicyclic) bond motifs is 1. The molecule has 2 amide bonds. The average Bonchev–Trinajstić information content (AvgIpc) is 3.65. The van der Waals surface area contributed by atoms with Crippen LogP contribution in [0.15, 0.2) is 35.7 Å². The Bertz CT molecular complexity index is 1010. The fourth-order valence-corrected chi connectivity index (χ4v) is 6.46. The molecule has 1 saturated heterocycles. The average molecular weight is 501 g/mol. The summed E-state index contributed by atoms with van der Waals surface area (Å²) in [5.74, 6) is 0.312. The summed E-state index contributed by atoms with van der Waals surface area (Å²) < 4.78 is 25.1. The van der Waals surface area contributed by atoms with Crippen molar-refractivity contribution in [2.24, 2.45) is 5.92 Å². The van der Waals surface area contributed by atoms with E-state index in [1.165, 1.54) is 17.0 Å². The second kappa shape index (κ2) is 11.1. The van der Waals surface area contributed by atoms with Crippen molar-refractivity contribution in [1.82, 2.24) is 9.80 Å². The number of benzene rings is 1. The molecule has 2 atom stereocenters. The van der Waals surface area contributed by atoms with Crippen LogP contribution in [0, 0.1) is 11.7 Å². The van der Waals surface area contributed by atoms with Crippen molar-refractivity contribution in [3.63, 3.8) is 0 Å². The quantitative estimate of drug-likeness (QED) is 0.532. The van der Waals surface area contributed by atoms with Gasteiger partial charge in [-0.25, -0.2) is 4.39 Å². The number of carbonyl (C=O) groups is 2. The lowest BCUT2D eigenvalue weighted by molar-refractivity contribution is -0.146. The van der Waals surface area contributed by atoms with E-state index >= 15 is 0 Å². The zero-order chi connectivity index (χ0) is 24.2. The van der Waals surface area contributed by atoms with Gasteiger partial charge < -0.3 is 19.3 Å². The molecule has 0 spiro atoms. The van der Waals surface area contributed by atoms with Gasteiger partial charge in [-0.05, 0) is 73.4 Å². The Balaban J connectivity index is 1.31. The van der Waals surface area contributed by atoms with Crippen LogP contribution in [-0.2, 0) is 20.7 Å². The van der Waals surface area contributed by atoms with E-state index in [0.29, 0.717) is 18.8 Å². The standard InChI is InChI=1S/C27H33FN2O4S/c28-20-7-9-21(10-8-20)34-18-24-23-12-15-35-25(23)11-13-30(24)26(31)17-29(16-22-6-3-14-33-22)27(32)19-4-1-2-5-19/h7-10,12,15,19,22,24H,1-6,11,13-14,16-18H2/t22-,24+/m0/s1. The summed E-state index contributed by atoms with van der Waals surface area (Å²) in [6.07, 6.45) is 6.71. The molecule has 1 aliphatic carbocycles. The van der Waals surface area contributed by atoms with Crippen molar-refractivity contribution in [1.29, 1.82) is 0 Å². The smallest absolute Gasteiger partial charge is 0.242 e. The second-order valence-corrected chi connectivity index (χ2v) is 10.8. The van der Waals surface area contributed by atoms with Crippen LogP contribution < -0.4 is 4.74 Å². The molecule has 3 aliphatic rings. The largest absolute Gasteiger partial charge is 0.491 e. The number of carbonyl (C=O) groups excluding carboxylic acids is 2. The molecule has 0 radical (unpaired) electrons. The summed E-state index contributed by atoms with van der Waals surface area (Å²) in [6, 6.07) is 7.75. The summed E-state index contributed by atoms with van der Waals surface area (Å²) in [6.45, 7) is 2.15. The molecule has 6 nitrogen and oxygen atoms in total. The predicted molar refractivity (Wildman–Crippen MR) is 132 cm³/mol. The Labute approximate surface area is 210 Å². The normalized spacial score (nSPS) is 22.3. The zero-order valence-electron chi connectivity index (χ0n) is 20.0. The Morgan fingerprint density at radius 1 is 1.11 bits per heavy atom. The molecule has 2 aromatic rings. The topological polar surface area (TPSA) is 59.1 Å². The van der Waals surface area contributed by atoms with Crippen LogP contribution in [0.25, 0.3) is 0 Å². The van der Waals surface area contributed by atoms with Gasteiger partial charge >= 0.3 is 0 Å². The van der Waals surface area contributed by atoms with Gasteiger partial charge in [-0.1, -0.05) is 12.8 Å². The van der Waals surface area contributed by atoms with Gasteiger partial charge in [0.15, 0.2) is 0 Å². The number of hydrogen-bond acceptors (Lipinski definition) is 5. The van der Waals surface area contributed by atoms with Crippen LogP contribution in [0.2, 0.25) is 0 Å². The summed E-state index contributed by atoms with van der Waals surface area (Å²) >= 11 is 1.70. The third-order valence-electron chi connectivity index (χ3n) is 7.43. The Hall–Kier alpha value is -2.45. The maximum absolute atomic E-state index is 13.7. The highest BCUT2D eigenvalue weighted by molar-refractivity contribution is 7.10. The number of thiophene rings is 1. The third kappa shape index (κ3) is 5.70. The van der Waals surface area contributed by atoms with E-state index in [1.54, 1.807) is 28.4 Å². The van der Waals surface area contributed by atoms with Gasteiger partial charge in [0.2, 0.25) is 11.8 Å². The molecule has 188 valence electrons. The molecule has 1 aromatic heterocycles. The Morgan fingerprint density at radius 3 is 2.66 bits per heavy atom. The minimum Gasteiger partial charge on any atom is -0.491 e. The number of halogens is 1. The minimum absolute atomic E-state index is 0.00981. The first-order valence-corrected chi connectivity index (χ1v) is 13.6. The monoisotopic (exact) mass is 500 g/mol. The fraction of sp³-hybridized carbons (Fsp3) is 0.556. The molecule has 1 aromatic carbocycles. The fourth-order valence-electron chi connectivity index (χ4n) is 5.53. The van der Waals surface area contributed by atoms with E-state index in [1.807, 2.05) is 4.90 Å². The Kier molecular flexibility index (Phi) is 7.68. The first kappa shape index (κ1) is 24.3. The summed E-state index contributed by atoms with van der Waals surface area (Å²) in [7, 11) is 0. The van der Waals surface area contributed by atoms with Gasteiger partial charge in [-0.2, -0.15) is 0 Å². The van der Waals surface area contributed by atoms with Crippen molar-refractivity contribution in [2.45, 2.75) is 57.1 Å². The summed E-state index contributed by atoms with van der Waals surface area (Å²) in [5.41, 5.74) is 1.10. The maximum Gasteiger partial charge on any atom is 0.242 e. The SMILES string of the molecule is O=C(C1CCCC1)N(CC(=O)N1CCc2sccc2[C@H]1COc1ccc(F)cc1)C[C@@H]1CCCO1. The lowest BCUT2D eigenvalue weighted by atomic mass is 10.00. The molecular weight excluding hydrogens is 467 g/mol. The summed E-state index contributed by atoms with van der Waals surface area (Å²) in [4.78, 5) is 32.0. The lowest BCUT2D eigenvalue weighted by Gasteiger charge is -2.37. The number of hydrogen-bond donors (Lipinski definition) is 0. The molecule has 0 N–H and O–H groups in total. The van der Waals surface area contributed by atoms with E-state index < -0.39 is 0 Å². The van der Waals surface area contributed by atoms with Crippen LogP contribution in [0.5, 0.6) is 5.75 Å². The lowest BCUT2D eigenvalue weighted by Crippen LogP contribution is -2.50. The van der Waals surface area contributed by atoms with Crippen LogP contribution in [0.3, 0.4) is 0 Å². The molecule has 35 heavy (non-hydrogen) atoms. The van der Waals surface area contributed by atoms with E-state index in [9.17, 15) is 14.0 Å². The van der Waals surface area contributed by atoms with Crippen molar-refractivity contribution in [3.05, 3.63) is 52.0 Å². The molecular formula is C27H33FN2O4S. The van der Waals surface area contributed by atoms with Crippen LogP contribution >= 0.6 is 11.3 Å². The van der Waals surface area contributed by atoms with Gasteiger partial charge in [0.25, 0.3) is 0 Å². The second-order valence-electron chi connectivity index (χ2n) is 9.75. The van der Waals surface area contributed by atoms with Gasteiger partial charge in [0.05, 0.1) is 18.7 Å². The van der Waals surface area contributed by atoms with E-state index in [2.05, 4.69) is 11.4 Å². The van der Waals surface area contributed by atoms with Gasteiger partial charge in [0.1, 0.15) is 18.2 Å². The predicted octanol–water partition coefficient (Wildman–Crippen LogP) is 4.59. The van der Waals surface area contributed by atoms with Crippen molar-refractivity contribution in [2.75, 3.05) is 32.8 Å². The third-order valence-corrected chi connectivity index (χ3v) is 8.42. The molecule has 8 heteroatoms. The van der Waals surface area contributed by atoms with E-state index in [4.69, 9.17) is 9.47 Å². The van der Waals surface area contributed by atoms with Gasteiger partial charge in [0, 0.05) is 30.5 Å². The van der Waals surface area contributed by atoms with Crippen molar-refractivity contribution in [3.8, 4) is 5.75 Å². The first-order chi connectivity index (χ1) is 17.1. The molecule has 1 saturated carbocycles. The molecule has 2 fully saturated rings. The molecule has 0 unspecified atom stereocenters. The number of rotatable bonds is 8. The van der Waals surface area contributed by atoms with Crippen LogP contribution in [-0.4, -0.2) is 60.6 Å². The highest BCUT2D eigenvalue weighted by Gasteiger charge is 2.36. The molecule has 2 aliphatic heterocycles. The Morgan fingerprint density at radius 2 is 1.91 bits per heavy atom. The van der Waals surface area contributed by atoms with Crippen LogP contribution in [0.4, 0.5) is 4.39 Å². The zero-order valence-corrected chi connectivity index (χ0v) is 20.8. The minimum atomic E-state index is -0.315. The number of nitrogens with zero attached hydrogens (tertiary/aromatic N) is 2. The number of ether oxygens (including phenoxy) is 2. The molecule has 3 heterocycles. The van der Waals surface area contributed by atoms with Crippen LogP contribution in [0.1, 0.15) is 55.0 Å². The molecule has 5 rings (SSSR count). The van der Waals surface area contributed by atoms with Gasteiger partial charge in [-0.3, -0.25) is 9.59 Å². The summed E-state index contributed by atoms with van der Waals surface area (Å²) in [5, 5.41) is 2.05.